The van der Waals surface area contributed by atoms with Crippen LogP contribution in [0.25, 0.3) is 0 Å². The number of aliphatic hydroxyl groups excluding tert-OH is 1. The molecule has 3 saturated carbocycles. The van der Waals surface area contributed by atoms with Gasteiger partial charge in [-0.2, -0.15) is 0 Å². The minimum Gasteiger partial charge on any atom is -0.497 e. The Morgan fingerprint density at radius 3 is 2.07 bits per heavy atom. The molecule has 0 aromatic heterocycles. The molecule has 0 amide bonds. The lowest BCUT2D eigenvalue weighted by molar-refractivity contribution is -0.0852. The smallest absolute Gasteiger partial charge is 0.497 e. The number of ether oxygens (including phenoxy) is 5. The number of fused-ring (bicyclic) bond motifs is 5. The fraction of sp³-hybridized carbons (Fsp3) is 0.551. The Kier molecular flexibility index (Phi) is 12.4. The van der Waals surface area contributed by atoms with Gasteiger partial charge in [-0.1, -0.05) is 66.0 Å². The number of benzene rings is 3. The molecule has 0 spiro atoms. The molecule has 3 fully saturated rings. The van der Waals surface area contributed by atoms with E-state index < -0.39 is 18.4 Å². The predicted octanol–water partition coefficient (Wildman–Crippen LogP) is 11.8. The van der Waals surface area contributed by atoms with E-state index in [9.17, 15) is 14.7 Å². The molecule has 0 bridgehead atoms. The quantitative estimate of drug-likeness (QED) is 0.0602. The molecular formula is C49H62O8. The number of esters is 1. The van der Waals surface area contributed by atoms with Crippen LogP contribution in [-0.4, -0.2) is 30.4 Å². The van der Waals surface area contributed by atoms with Gasteiger partial charge in [0, 0.05) is 5.56 Å². The lowest BCUT2D eigenvalue weighted by Crippen LogP contribution is -2.52. The SMILES string of the molecule is COc1ccc(C(O)Oc2ccc(OC(=O)c3ccc(OC(=O)OC4CCC5(C)C(C=CC6C5CCC5(C)C(C(C)CCCC(C)C)CCC65)C4)cc3)cc2)cc1. The van der Waals surface area contributed by atoms with Gasteiger partial charge in [0.05, 0.1) is 12.7 Å². The predicted molar refractivity (Wildman–Crippen MR) is 220 cm³/mol. The first kappa shape index (κ1) is 40.9. The summed E-state index contributed by atoms with van der Waals surface area (Å²) < 4.78 is 27.8. The van der Waals surface area contributed by atoms with Gasteiger partial charge in [0.1, 0.15) is 29.1 Å². The van der Waals surface area contributed by atoms with Gasteiger partial charge >= 0.3 is 12.1 Å². The molecule has 1 N–H and O–H groups in total. The van der Waals surface area contributed by atoms with E-state index in [-0.39, 0.29) is 11.5 Å². The summed E-state index contributed by atoms with van der Waals surface area (Å²) in [6, 6.07) is 19.5. The van der Waals surface area contributed by atoms with Crippen molar-refractivity contribution in [1.82, 2.24) is 0 Å². The Hall–Kier alpha value is -4.30. The molecule has 4 aliphatic carbocycles. The number of hydrogen-bond donors (Lipinski definition) is 1. The maximum absolute atomic E-state index is 13.0. The third-order valence-electron chi connectivity index (χ3n) is 14.6. The first-order valence-electron chi connectivity index (χ1n) is 21.3. The average molecular weight is 779 g/mol. The zero-order valence-corrected chi connectivity index (χ0v) is 34.7. The van der Waals surface area contributed by atoms with Crippen LogP contribution in [0.15, 0.2) is 84.9 Å². The van der Waals surface area contributed by atoms with Crippen molar-refractivity contribution in [2.45, 2.75) is 111 Å². The molecular weight excluding hydrogens is 717 g/mol. The summed E-state index contributed by atoms with van der Waals surface area (Å²) in [7, 11) is 1.58. The summed E-state index contributed by atoms with van der Waals surface area (Å²) >= 11 is 0. The minimum absolute atomic E-state index is 0.190. The van der Waals surface area contributed by atoms with E-state index in [1.165, 1.54) is 44.9 Å². The van der Waals surface area contributed by atoms with Crippen molar-refractivity contribution in [3.8, 4) is 23.0 Å². The molecule has 10 unspecified atom stereocenters. The number of carbonyl (C=O) groups is 2. The normalized spacial score (nSPS) is 30.0. The number of aliphatic hydroxyl groups is 1. The van der Waals surface area contributed by atoms with Crippen LogP contribution in [0.2, 0.25) is 0 Å². The van der Waals surface area contributed by atoms with Crippen molar-refractivity contribution >= 4 is 12.1 Å². The summed E-state index contributed by atoms with van der Waals surface area (Å²) in [5.74, 6) is 6.09. The second-order valence-corrected chi connectivity index (χ2v) is 18.3. The van der Waals surface area contributed by atoms with Crippen LogP contribution in [0.1, 0.15) is 121 Å². The lowest BCUT2D eigenvalue weighted by Gasteiger charge is -2.59. The molecule has 3 aromatic rings. The van der Waals surface area contributed by atoms with Crippen LogP contribution in [-0.2, 0) is 4.74 Å². The van der Waals surface area contributed by atoms with Crippen LogP contribution < -0.4 is 18.9 Å². The van der Waals surface area contributed by atoms with Gasteiger partial charge in [-0.25, -0.2) is 9.59 Å². The second-order valence-electron chi connectivity index (χ2n) is 18.3. The van der Waals surface area contributed by atoms with Crippen LogP contribution >= 0.6 is 0 Å². The highest BCUT2D eigenvalue weighted by atomic mass is 16.7. The van der Waals surface area contributed by atoms with Crippen LogP contribution in [0.3, 0.4) is 0 Å². The Morgan fingerprint density at radius 2 is 1.37 bits per heavy atom. The molecule has 0 aliphatic heterocycles. The van der Waals surface area contributed by atoms with Gasteiger partial charge in [-0.3, -0.25) is 0 Å². The molecule has 8 nitrogen and oxygen atoms in total. The van der Waals surface area contributed by atoms with Gasteiger partial charge < -0.3 is 28.8 Å². The third-order valence-corrected chi connectivity index (χ3v) is 14.6. The maximum atomic E-state index is 13.0. The van der Waals surface area contributed by atoms with E-state index >= 15 is 0 Å². The van der Waals surface area contributed by atoms with E-state index in [1.807, 2.05) is 0 Å². The molecule has 306 valence electrons. The Bertz CT molecular complexity index is 1850. The highest BCUT2D eigenvalue weighted by Gasteiger charge is 2.59. The summed E-state index contributed by atoms with van der Waals surface area (Å²) in [5, 5.41) is 10.4. The maximum Gasteiger partial charge on any atom is 0.514 e. The van der Waals surface area contributed by atoms with Crippen molar-refractivity contribution in [2.75, 3.05) is 7.11 Å². The summed E-state index contributed by atoms with van der Waals surface area (Å²) in [6.45, 7) is 12.4. The van der Waals surface area contributed by atoms with Crippen molar-refractivity contribution in [3.05, 3.63) is 96.1 Å². The lowest BCUT2D eigenvalue weighted by atomic mass is 9.46. The van der Waals surface area contributed by atoms with E-state index in [4.69, 9.17) is 23.7 Å². The number of hydrogen-bond acceptors (Lipinski definition) is 8. The Balaban J connectivity index is 0.877. The fourth-order valence-electron chi connectivity index (χ4n) is 11.3. The van der Waals surface area contributed by atoms with Crippen molar-refractivity contribution < 1.29 is 38.4 Å². The highest BCUT2D eigenvalue weighted by molar-refractivity contribution is 5.91. The monoisotopic (exact) mass is 778 g/mol. The van der Waals surface area contributed by atoms with E-state index in [0.29, 0.717) is 57.3 Å². The van der Waals surface area contributed by atoms with Crippen molar-refractivity contribution in [1.29, 1.82) is 0 Å². The summed E-state index contributed by atoms with van der Waals surface area (Å²) in [5.41, 5.74) is 1.55. The van der Waals surface area contributed by atoms with Gasteiger partial charge in [0.2, 0.25) is 6.29 Å². The van der Waals surface area contributed by atoms with E-state index in [1.54, 1.807) is 79.9 Å². The standard InChI is InChI=1S/C49H62O8/c1-31(2)8-7-9-32(3)42-24-25-43-41-23-14-35-30-40(26-28-48(35,4)44(41)27-29-49(42,43)5)57-47(52)56-39-17-12-34(13-18-39)46(51)55-38-21-19-37(20-22-38)54-45(50)33-10-15-36(53-6)16-11-33/h10-23,31-32,35,40-45,50H,7-9,24-30H2,1-6H3. The third kappa shape index (κ3) is 8.91. The Labute approximate surface area is 339 Å². The van der Waals surface area contributed by atoms with E-state index in [2.05, 4.69) is 46.8 Å². The fourth-order valence-corrected chi connectivity index (χ4v) is 11.3. The largest absolute Gasteiger partial charge is 0.514 e. The molecule has 0 saturated heterocycles. The van der Waals surface area contributed by atoms with Gasteiger partial charge in [0.25, 0.3) is 0 Å². The summed E-state index contributed by atoms with van der Waals surface area (Å²) in [6.07, 6.45) is 15.2. The van der Waals surface area contributed by atoms with Crippen molar-refractivity contribution in [2.24, 2.45) is 52.3 Å². The molecule has 7 rings (SSSR count). The Morgan fingerprint density at radius 1 is 0.737 bits per heavy atom. The van der Waals surface area contributed by atoms with Crippen LogP contribution in [0.4, 0.5) is 4.79 Å². The van der Waals surface area contributed by atoms with Crippen LogP contribution in [0, 0.1) is 52.3 Å². The van der Waals surface area contributed by atoms with Gasteiger partial charge in [0.15, 0.2) is 0 Å². The zero-order chi connectivity index (χ0) is 40.3. The van der Waals surface area contributed by atoms with Gasteiger partial charge in [-0.15, -0.1) is 0 Å². The van der Waals surface area contributed by atoms with Gasteiger partial charge in [-0.05, 0) is 170 Å². The molecule has 10 atom stereocenters. The van der Waals surface area contributed by atoms with E-state index in [0.717, 1.165) is 42.9 Å². The second kappa shape index (κ2) is 17.3. The molecule has 0 radical (unpaired) electrons. The van der Waals surface area contributed by atoms with Crippen molar-refractivity contribution in [3.63, 3.8) is 0 Å². The average Bonchev–Trinajstić information content (AvgIpc) is 3.56. The molecule has 4 aliphatic rings. The summed E-state index contributed by atoms with van der Waals surface area (Å²) in [4.78, 5) is 25.8. The molecule has 57 heavy (non-hydrogen) atoms. The highest BCUT2D eigenvalue weighted by Crippen LogP contribution is 2.67. The number of carbonyl (C=O) groups excluding carboxylic acids is 2. The number of methoxy groups -OCH3 is 1. The zero-order valence-electron chi connectivity index (χ0n) is 34.7. The first-order valence-corrected chi connectivity index (χ1v) is 21.3. The first-order chi connectivity index (χ1) is 27.4. The van der Waals surface area contributed by atoms with Crippen LogP contribution in [0.5, 0.6) is 23.0 Å². The minimum atomic E-state index is -1.17. The molecule has 3 aromatic carbocycles. The topological polar surface area (TPSA) is 101 Å². The molecule has 8 heteroatoms. The molecule has 0 heterocycles. The number of allylic oxidation sites excluding steroid dienone is 2. The number of rotatable bonds is 13.